The molecule has 0 nitrogen and oxygen atoms in total. The minimum Gasteiger partial charge on any atom is -1.00 e. The summed E-state index contributed by atoms with van der Waals surface area (Å²) in [6.07, 6.45) is 22.6. The number of halogens is 2. The van der Waals surface area contributed by atoms with Gasteiger partial charge < -0.3 is 24.8 Å². The van der Waals surface area contributed by atoms with Crippen molar-refractivity contribution in [3.63, 3.8) is 0 Å². The normalized spacial score (nSPS) is 37.1. The fraction of sp³-hybridized carbons (Fsp3) is 0.333. The Labute approximate surface area is 226 Å². The molecule has 4 heteroatoms. The molecule has 0 bridgehead atoms. The maximum absolute atomic E-state index is 2.61. The summed E-state index contributed by atoms with van der Waals surface area (Å²) in [5, 5.41) is 3.45. The maximum atomic E-state index is 2.61. The van der Waals surface area contributed by atoms with E-state index in [0.717, 1.165) is 43.2 Å². The molecule has 8 unspecified atom stereocenters. The Balaban J connectivity index is 0.00000120. The molecule has 0 aromatic heterocycles. The molecule has 3 fully saturated rings. The van der Waals surface area contributed by atoms with Crippen molar-refractivity contribution in [1.29, 1.82) is 0 Å². The van der Waals surface area contributed by atoms with Gasteiger partial charge >= 0.3 is 203 Å². The van der Waals surface area contributed by atoms with Crippen LogP contribution in [0.2, 0.25) is 19.5 Å². The van der Waals surface area contributed by atoms with Crippen LogP contribution in [0.3, 0.4) is 0 Å². The average Bonchev–Trinajstić information content (AvgIpc) is 3.42. The molecule has 8 atom stereocenters. The van der Waals surface area contributed by atoms with Crippen LogP contribution in [0.4, 0.5) is 0 Å². The zero-order valence-corrected chi connectivity index (χ0v) is 23.3. The van der Waals surface area contributed by atoms with Crippen LogP contribution in [0.25, 0.3) is 0 Å². The summed E-state index contributed by atoms with van der Waals surface area (Å²) in [7, 11) is -1.98. The molecule has 0 N–H and O–H groups in total. The van der Waals surface area contributed by atoms with E-state index in [1.807, 2.05) is 0 Å². The quantitative estimate of drug-likeness (QED) is 0.481. The molecule has 2 aromatic rings. The van der Waals surface area contributed by atoms with Crippen molar-refractivity contribution in [2.24, 2.45) is 23.7 Å². The smallest absolute Gasteiger partial charge is 1.00 e. The second-order valence-electron chi connectivity index (χ2n) is 10.5. The number of hydrogen-bond acceptors (Lipinski definition) is 0. The van der Waals surface area contributed by atoms with Crippen molar-refractivity contribution in [3.8, 4) is 0 Å². The van der Waals surface area contributed by atoms with Crippen molar-refractivity contribution < 1.29 is 44.0 Å². The molecule has 7 rings (SSSR count). The van der Waals surface area contributed by atoms with Crippen LogP contribution in [0, 0.1) is 23.7 Å². The molecule has 2 saturated carbocycles. The number of benzene rings is 2. The number of rotatable bonds is 2. The van der Waals surface area contributed by atoms with Gasteiger partial charge in [0.1, 0.15) is 0 Å². The zero-order valence-electron chi connectivity index (χ0n) is 19.2. The van der Waals surface area contributed by atoms with E-state index in [1.165, 1.54) is 12.8 Å². The third-order valence-corrected chi connectivity index (χ3v) is 20.2. The van der Waals surface area contributed by atoms with E-state index in [4.69, 9.17) is 0 Å². The Bertz CT molecular complexity index is 1040. The molecule has 1 aliphatic heterocycles. The summed E-state index contributed by atoms with van der Waals surface area (Å²) in [5.41, 5.74) is 1.79. The number of allylic oxidation sites excluding steroid dienone is 8. The minimum absolute atomic E-state index is 0. The molecular weight excluding hydrogens is 507 g/mol. The van der Waals surface area contributed by atoms with Crippen LogP contribution < -0.4 is 35.2 Å². The van der Waals surface area contributed by atoms with E-state index < -0.39 is 8.07 Å². The van der Waals surface area contributed by atoms with Crippen LogP contribution in [-0.2, 0) is 19.2 Å². The second kappa shape index (κ2) is 9.75. The first-order valence-electron chi connectivity index (χ1n) is 12.4. The van der Waals surface area contributed by atoms with Crippen molar-refractivity contribution >= 4 is 18.4 Å². The van der Waals surface area contributed by atoms with Crippen molar-refractivity contribution in [3.05, 3.63) is 109 Å². The Morgan fingerprint density at radius 1 is 0.559 bits per heavy atom. The largest absolute Gasteiger partial charge is 1.00 e. The summed E-state index contributed by atoms with van der Waals surface area (Å²) in [5.74, 6) is 3.14. The summed E-state index contributed by atoms with van der Waals surface area (Å²) >= 11 is -0.0178. The Morgan fingerprint density at radius 3 is 1.41 bits per heavy atom. The monoisotopic (exact) mass is 536 g/mol. The first-order valence-corrected chi connectivity index (χ1v) is 16.4. The van der Waals surface area contributed by atoms with Crippen LogP contribution in [0.5, 0.6) is 0 Å². The van der Waals surface area contributed by atoms with E-state index in [0.29, 0.717) is 0 Å². The van der Waals surface area contributed by atoms with Gasteiger partial charge in [0.05, 0.1) is 0 Å². The third-order valence-electron chi connectivity index (χ3n) is 9.40. The summed E-state index contributed by atoms with van der Waals surface area (Å²) in [6.45, 7) is 0. The third kappa shape index (κ3) is 3.50. The molecule has 1 saturated heterocycles. The van der Waals surface area contributed by atoms with E-state index in [1.54, 1.807) is 10.4 Å². The van der Waals surface area contributed by atoms with Gasteiger partial charge in [0.15, 0.2) is 0 Å². The second-order valence-corrected chi connectivity index (χ2v) is 17.5. The summed E-state index contributed by atoms with van der Waals surface area (Å²) in [6, 6.07) is 23.9. The zero-order chi connectivity index (χ0) is 21.1. The first kappa shape index (κ1) is 24.6. The number of fused-ring (bicyclic) bond motifs is 6. The molecule has 5 aliphatic rings. The molecule has 4 aliphatic carbocycles. The fourth-order valence-corrected chi connectivity index (χ4v) is 22.2. The van der Waals surface area contributed by atoms with Gasteiger partial charge in [0.25, 0.3) is 0 Å². The van der Waals surface area contributed by atoms with Gasteiger partial charge in [-0.25, -0.2) is 0 Å². The minimum atomic E-state index is -1.98. The van der Waals surface area contributed by atoms with Gasteiger partial charge in [-0.3, -0.25) is 0 Å². The Hall–Kier alpha value is -1.09. The standard InChI is InChI=1S/C30H30Si.2ClH.Ti/c1-3-15-27(16-4-1)31(28-17-5-2-6-18-28,29-19-23-11-7-8-12-24(23)20-29)30-21-25-13-9-10-14-26(25)22-30;;;/h1-19,21,23-26,29-30H,20,22H2;2*1H;/q;;;+2/p-2. The molecule has 2 aromatic carbocycles. The van der Waals surface area contributed by atoms with E-state index >= 15 is 0 Å². The van der Waals surface area contributed by atoms with Crippen LogP contribution in [0.15, 0.2) is 109 Å². The average molecular weight is 537 g/mol. The van der Waals surface area contributed by atoms with Gasteiger partial charge in [-0.2, -0.15) is 0 Å². The topological polar surface area (TPSA) is 0 Å². The predicted octanol–water partition coefficient (Wildman–Crippen LogP) is 0.195. The SMILES string of the molecule is C1=CC2CC3[CH]([Ti+2][CH]4C5C=CC=CC5CC4[Si]3(c3ccccc3)c3ccccc3)C2C=C1.[Cl-].[Cl-]. The summed E-state index contributed by atoms with van der Waals surface area (Å²) in [4.78, 5) is 0. The molecule has 0 radical (unpaired) electrons. The van der Waals surface area contributed by atoms with Crippen molar-refractivity contribution in [2.75, 3.05) is 0 Å². The number of hydrogen-bond donors (Lipinski definition) is 0. The Kier molecular flexibility index (Phi) is 7.06. The van der Waals surface area contributed by atoms with Crippen LogP contribution >= 0.6 is 0 Å². The van der Waals surface area contributed by atoms with Crippen molar-refractivity contribution in [2.45, 2.75) is 32.4 Å². The van der Waals surface area contributed by atoms with Crippen LogP contribution in [-0.4, -0.2) is 8.07 Å². The maximum Gasteiger partial charge on any atom is -1.00 e. The molecule has 172 valence electrons. The van der Waals surface area contributed by atoms with E-state index in [2.05, 4.69) is 109 Å². The fourth-order valence-electron chi connectivity index (χ4n) is 8.34. The van der Waals surface area contributed by atoms with Crippen LogP contribution in [0.1, 0.15) is 12.8 Å². The van der Waals surface area contributed by atoms with Gasteiger partial charge in [0, 0.05) is 0 Å². The molecule has 0 amide bonds. The molecule has 34 heavy (non-hydrogen) atoms. The van der Waals surface area contributed by atoms with Crippen molar-refractivity contribution in [1.82, 2.24) is 0 Å². The van der Waals surface area contributed by atoms with Gasteiger partial charge in [-0.05, 0) is 0 Å². The van der Waals surface area contributed by atoms with E-state index in [9.17, 15) is 0 Å². The molecule has 1 heterocycles. The first-order chi connectivity index (χ1) is 15.9. The predicted molar refractivity (Wildman–Crippen MR) is 133 cm³/mol. The molecular formula is C30H30Cl2SiTi. The van der Waals surface area contributed by atoms with E-state index in [-0.39, 0.29) is 44.0 Å². The van der Waals surface area contributed by atoms with Gasteiger partial charge in [0.2, 0.25) is 0 Å². The Morgan fingerprint density at radius 2 is 0.971 bits per heavy atom. The van der Waals surface area contributed by atoms with Gasteiger partial charge in [-0.15, -0.1) is 0 Å². The van der Waals surface area contributed by atoms with Gasteiger partial charge in [-0.1, -0.05) is 0 Å². The summed E-state index contributed by atoms with van der Waals surface area (Å²) < 4.78 is 1.90. The molecule has 0 spiro atoms.